The van der Waals surface area contributed by atoms with Gasteiger partial charge < -0.3 is 14.9 Å². The molecule has 0 unspecified atom stereocenters. The maximum Gasteiger partial charge on any atom is 0.335 e. The van der Waals surface area contributed by atoms with Crippen LogP contribution < -0.4 is 4.74 Å². The second-order valence-corrected chi connectivity index (χ2v) is 12.9. The van der Waals surface area contributed by atoms with E-state index in [1.165, 1.54) is 0 Å². The van der Waals surface area contributed by atoms with E-state index in [9.17, 15) is 19.8 Å². The predicted octanol–water partition coefficient (Wildman–Crippen LogP) is 7.49. The zero-order chi connectivity index (χ0) is 27.5. The number of Topliss-reactive ketones (excluding diaryl/α,β-unsaturated/α-hetero) is 1. The Morgan fingerprint density at radius 3 is 2.38 bits per heavy atom. The molecule has 5 nitrogen and oxygen atoms in total. The number of carboxylic acid groups (broad SMARTS) is 1. The molecule has 6 rings (SSSR count). The third kappa shape index (κ3) is 4.30. The van der Waals surface area contributed by atoms with Crippen LogP contribution in [0.5, 0.6) is 11.5 Å². The summed E-state index contributed by atoms with van der Waals surface area (Å²) in [6.07, 6.45) is 9.02. The lowest BCUT2D eigenvalue weighted by molar-refractivity contribution is -0.134. The van der Waals surface area contributed by atoms with Gasteiger partial charge >= 0.3 is 5.97 Å². The van der Waals surface area contributed by atoms with E-state index in [2.05, 4.69) is 19.9 Å². The summed E-state index contributed by atoms with van der Waals surface area (Å²) in [5.74, 6) is 1.32. The molecule has 2 N–H and O–H groups in total. The highest BCUT2D eigenvalue weighted by molar-refractivity contribution is 6.30. The summed E-state index contributed by atoms with van der Waals surface area (Å²) in [6, 6.07) is 13.8. The van der Waals surface area contributed by atoms with Crippen molar-refractivity contribution in [2.24, 2.45) is 34.5 Å². The maximum atomic E-state index is 13.6. The Bertz CT molecular complexity index is 1360. The average molecular weight is 547 g/mol. The van der Waals surface area contributed by atoms with Gasteiger partial charge in [0.05, 0.1) is 5.57 Å². The van der Waals surface area contributed by atoms with Crippen LogP contribution in [-0.2, 0) is 4.79 Å². The molecule has 4 aliphatic carbocycles. The van der Waals surface area contributed by atoms with Crippen LogP contribution >= 0.6 is 11.6 Å². The number of carboxylic acids is 1. The van der Waals surface area contributed by atoms with Crippen molar-refractivity contribution in [2.75, 3.05) is 0 Å². The monoisotopic (exact) mass is 546 g/mol. The summed E-state index contributed by atoms with van der Waals surface area (Å²) in [7, 11) is 0. The number of allylic oxidation sites excluding steroid dienone is 3. The van der Waals surface area contributed by atoms with Crippen molar-refractivity contribution in [3.05, 3.63) is 82.4 Å². The molecule has 0 aliphatic heterocycles. The fourth-order valence-electron chi connectivity index (χ4n) is 8.61. The standard InChI is InChI=1S/C33H35ClO5/c1-32-16-15-27-24(26(32)13-14-28(32)30(36)19-3-8-22(35)9-4-19)12-5-20-17-25(31(37)38)29(18-33(20,27)2)39-23-10-6-21(34)7-11-23/h3-11,17,24,26-29,35H,12-16,18H2,1-2H3,(H,37,38)/t24-,26-,27-,28+,29+,32-,33-/m0/s1. The van der Waals surface area contributed by atoms with Crippen LogP contribution in [0.2, 0.25) is 5.02 Å². The SMILES string of the molecule is C[C@]12CC[C@H]3[C@@H](CC=C4C=C(C(=O)O)[C@H](Oc5ccc(Cl)cc5)C[C@@]43C)[C@@H]1CC[C@@H]2C(=O)c1ccc(O)cc1. The number of aliphatic carboxylic acids is 1. The van der Waals surface area contributed by atoms with Crippen LogP contribution in [0.15, 0.2) is 71.8 Å². The lowest BCUT2D eigenvalue weighted by Crippen LogP contribution is -2.52. The number of carbonyl (C=O) groups excluding carboxylic acids is 1. The molecule has 0 aromatic heterocycles. The predicted molar refractivity (Wildman–Crippen MR) is 150 cm³/mol. The van der Waals surface area contributed by atoms with E-state index < -0.39 is 12.1 Å². The van der Waals surface area contributed by atoms with Gasteiger partial charge in [0, 0.05) is 16.5 Å². The number of aromatic hydroxyl groups is 1. The molecule has 0 radical (unpaired) electrons. The van der Waals surface area contributed by atoms with Crippen molar-refractivity contribution < 1.29 is 24.5 Å². The van der Waals surface area contributed by atoms with E-state index in [4.69, 9.17) is 16.3 Å². The quantitative estimate of drug-likeness (QED) is 0.380. The number of halogens is 1. The molecule has 2 saturated carbocycles. The number of carbonyl (C=O) groups is 2. The fraction of sp³-hybridized carbons (Fsp3) is 0.455. The fourth-order valence-corrected chi connectivity index (χ4v) is 8.73. The number of ether oxygens (including phenoxy) is 1. The molecular formula is C33H35ClO5. The minimum absolute atomic E-state index is 0.0166. The van der Waals surface area contributed by atoms with E-state index in [-0.39, 0.29) is 28.3 Å². The molecule has 2 aromatic rings. The van der Waals surface area contributed by atoms with Crippen molar-refractivity contribution >= 4 is 23.4 Å². The van der Waals surface area contributed by atoms with Gasteiger partial charge in [-0.2, -0.15) is 0 Å². The minimum atomic E-state index is -0.943. The van der Waals surface area contributed by atoms with Crippen molar-refractivity contribution in [1.82, 2.24) is 0 Å². The number of hydrogen-bond donors (Lipinski definition) is 2. The van der Waals surface area contributed by atoms with Gasteiger partial charge in [0.1, 0.15) is 17.6 Å². The number of hydrogen-bond acceptors (Lipinski definition) is 4. The smallest absolute Gasteiger partial charge is 0.335 e. The Morgan fingerprint density at radius 1 is 0.974 bits per heavy atom. The zero-order valence-electron chi connectivity index (χ0n) is 22.4. The summed E-state index contributed by atoms with van der Waals surface area (Å²) in [4.78, 5) is 25.9. The highest BCUT2D eigenvalue weighted by Crippen LogP contribution is 2.66. The Morgan fingerprint density at radius 2 is 1.69 bits per heavy atom. The van der Waals surface area contributed by atoms with Crippen LogP contribution in [0.1, 0.15) is 62.7 Å². The van der Waals surface area contributed by atoms with E-state index in [0.29, 0.717) is 46.1 Å². The highest BCUT2D eigenvalue weighted by Gasteiger charge is 2.60. The van der Waals surface area contributed by atoms with Crippen LogP contribution in [0, 0.1) is 34.5 Å². The highest BCUT2D eigenvalue weighted by atomic mass is 35.5. The molecular weight excluding hydrogens is 512 g/mol. The average Bonchev–Trinajstić information content (AvgIpc) is 3.26. The molecule has 2 fully saturated rings. The third-order valence-corrected chi connectivity index (χ3v) is 10.9. The van der Waals surface area contributed by atoms with Crippen LogP contribution in [0.25, 0.3) is 0 Å². The van der Waals surface area contributed by atoms with Gasteiger partial charge in [-0.15, -0.1) is 0 Å². The molecule has 0 saturated heterocycles. The molecule has 2 aromatic carbocycles. The van der Waals surface area contributed by atoms with E-state index in [1.807, 2.05) is 6.08 Å². The van der Waals surface area contributed by atoms with Gasteiger partial charge in [0.15, 0.2) is 5.78 Å². The lowest BCUT2D eigenvalue weighted by atomic mass is 9.47. The van der Waals surface area contributed by atoms with E-state index in [1.54, 1.807) is 48.5 Å². The van der Waals surface area contributed by atoms with Crippen LogP contribution in [-0.4, -0.2) is 28.1 Å². The van der Waals surface area contributed by atoms with Gasteiger partial charge in [-0.05, 0) is 127 Å². The normalized spacial score (nSPS) is 35.1. The first-order valence-electron chi connectivity index (χ1n) is 14.0. The summed E-state index contributed by atoms with van der Waals surface area (Å²) in [6.45, 7) is 4.61. The Hall–Kier alpha value is -3.05. The second-order valence-electron chi connectivity index (χ2n) is 12.4. The lowest BCUT2D eigenvalue weighted by Gasteiger charge is -2.57. The number of rotatable bonds is 5. The first kappa shape index (κ1) is 26.2. The molecule has 0 spiro atoms. The van der Waals surface area contributed by atoms with Gasteiger partial charge in [0.2, 0.25) is 0 Å². The van der Waals surface area contributed by atoms with Gasteiger partial charge in [-0.3, -0.25) is 4.79 Å². The summed E-state index contributed by atoms with van der Waals surface area (Å²) < 4.78 is 6.29. The van der Waals surface area contributed by atoms with Gasteiger partial charge in [-0.1, -0.05) is 31.5 Å². The molecule has 0 bridgehead atoms. The summed E-state index contributed by atoms with van der Waals surface area (Å²) >= 11 is 6.05. The molecule has 39 heavy (non-hydrogen) atoms. The van der Waals surface area contributed by atoms with Crippen molar-refractivity contribution in [3.63, 3.8) is 0 Å². The van der Waals surface area contributed by atoms with Crippen LogP contribution in [0.3, 0.4) is 0 Å². The minimum Gasteiger partial charge on any atom is -0.508 e. The van der Waals surface area contributed by atoms with Crippen molar-refractivity contribution in [2.45, 2.75) is 58.5 Å². The number of benzene rings is 2. The number of phenolic OH excluding ortho intramolecular Hbond substituents is 1. The number of fused-ring (bicyclic) bond motifs is 5. The number of phenols is 1. The topological polar surface area (TPSA) is 83.8 Å². The van der Waals surface area contributed by atoms with Gasteiger partial charge in [-0.25, -0.2) is 4.79 Å². The van der Waals surface area contributed by atoms with Crippen molar-refractivity contribution in [3.8, 4) is 11.5 Å². The third-order valence-electron chi connectivity index (χ3n) is 10.6. The van der Waals surface area contributed by atoms with E-state index >= 15 is 0 Å². The number of ketones is 1. The molecule has 204 valence electrons. The van der Waals surface area contributed by atoms with E-state index in [0.717, 1.165) is 37.7 Å². The summed E-state index contributed by atoms with van der Waals surface area (Å²) in [5, 5.41) is 20.3. The molecule has 6 heteroatoms. The Kier molecular flexibility index (Phi) is 6.41. The van der Waals surface area contributed by atoms with Crippen molar-refractivity contribution in [1.29, 1.82) is 0 Å². The Labute approximate surface area is 234 Å². The second kappa shape index (κ2) is 9.55. The molecule has 4 aliphatic rings. The maximum absolute atomic E-state index is 13.6. The largest absolute Gasteiger partial charge is 0.508 e. The van der Waals surface area contributed by atoms with Crippen LogP contribution in [0.4, 0.5) is 0 Å². The zero-order valence-corrected chi connectivity index (χ0v) is 23.2. The Balaban J connectivity index is 1.28. The molecule has 0 heterocycles. The molecule has 7 atom stereocenters. The first-order valence-corrected chi connectivity index (χ1v) is 14.4. The molecule has 0 amide bonds. The summed E-state index contributed by atoms with van der Waals surface area (Å²) in [5.41, 5.74) is 1.84. The first-order chi connectivity index (χ1) is 18.6. The van der Waals surface area contributed by atoms with Gasteiger partial charge in [0.25, 0.3) is 0 Å².